The van der Waals surface area contributed by atoms with Crippen molar-refractivity contribution in [2.24, 2.45) is 0 Å². The summed E-state index contributed by atoms with van der Waals surface area (Å²) >= 11 is 0.870. The van der Waals surface area contributed by atoms with Gasteiger partial charge < -0.3 is 5.11 Å². The number of anilines is 1. The lowest BCUT2D eigenvalue weighted by molar-refractivity contribution is 0.0703. The number of carboxylic acid groups (broad SMARTS) is 1. The summed E-state index contributed by atoms with van der Waals surface area (Å²) in [5, 5.41) is 9.33. The second-order valence-electron chi connectivity index (χ2n) is 5.20. The van der Waals surface area contributed by atoms with Crippen LogP contribution in [-0.2, 0) is 10.0 Å². The Hall–Kier alpha value is -2.78. The predicted molar refractivity (Wildman–Crippen MR) is 93.9 cm³/mol. The Morgan fingerprint density at radius 1 is 1.04 bits per heavy atom. The summed E-state index contributed by atoms with van der Waals surface area (Å²) in [6.45, 7) is 0. The Morgan fingerprint density at radius 3 is 2.38 bits per heavy atom. The van der Waals surface area contributed by atoms with Crippen molar-refractivity contribution in [2.75, 3.05) is 4.72 Å². The van der Waals surface area contributed by atoms with Gasteiger partial charge in [0, 0.05) is 4.88 Å². The van der Waals surface area contributed by atoms with Gasteiger partial charge in [-0.05, 0) is 29.8 Å². The molecular weight excluding hydrogens is 384 g/mol. The number of carboxylic acids is 1. The fourth-order valence-corrected chi connectivity index (χ4v) is 4.43. The quantitative estimate of drug-likeness (QED) is 0.678. The molecule has 0 aliphatic rings. The monoisotopic (exact) mass is 395 g/mol. The first-order chi connectivity index (χ1) is 12.3. The summed E-state index contributed by atoms with van der Waals surface area (Å²) in [5.74, 6) is -3.41. The summed E-state index contributed by atoms with van der Waals surface area (Å²) < 4.78 is 53.9. The second kappa shape index (κ2) is 6.85. The zero-order chi connectivity index (χ0) is 18.9. The van der Waals surface area contributed by atoms with E-state index in [0.717, 1.165) is 17.4 Å². The molecule has 26 heavy (non-hydrogen) atoms. The van der Waals surface area contributed by atoms with Crippen LogP contribution in [0.25, 0.3) is 10.4 Å². The van der Waals surface area contributed by atoms with Gasteiger partial charge in [-0.1, -0.05) is 30.3 Å². The van der Waals surface area contributed by atoms with Crippen LogP contribution in [0.2, 0.25) is 0 Å². The first-order valence-corrected chi connectivity index (χ1v) is 9.48. The lowest BCUT2D eigenvalue weighted by atomic mass is 10.2. The number of hydrogen-bond donors (Lipinski definition) is 2. The molecule has 2 aromatic carbocycles. The molecule has 0 aliphatic heterocycles. The minimum atomic E-state index is -4.51. The van der Waals surface area contributed by atoms with Crippen LogP contribution in [0, 0.1) is 11.6 Å². The number of rotatable bonds is 5. The van der Waals surface area contributed by atoms with Gasteiger partial charge in [0.15, 0.2) is 0 Å². The maximum atomic E-state index is 13.8. The first-order valence-electron chi connectivity index (χ1n) is 7.18. The number of sulfonamides is 1. The van der Waals surface area contributed by atoms with Crippen LogP contribution in [0.3, 0.4) is 0 Å². The van der Waals surface area contributed by atoms with Gasteiger partial charge in [-0.2, -0.15) is 0 Å². The van der Waals surface area contributed by atoms with Crippen molar-refractivity contribution in [1.29, 1.82) is 0 Å². The number of halogens is 2. The predicted octanol–water partition coefficient (Wildman–Crippen LogP) is 4.19. The van der Waals surface area contributed by atoms with Gasteiger partial charge >= 0.3 is 5.97 Å². The highest BCUT2D eigenvalue weighted by atomic mass is 32.2. The third-order valence-electron chi connectivity index (χ3n) is 3.41. The molecule has 0 aliphatic carbocycles. The lowest BCUT2D eigenvalue weighted by Gasteiger charge is -2.08. The highest BCUT2D eigenvalue weighted by Gasteiger charge is 2.24. The smallest absolute Gasteiger partial charge is 0.348 e. The molecule has 1 heterocycles. The van der Waals surface area contributed by atoms with Crippen molar-refractivity contribution in [3.63, 3.8) is 0 Å². The van der Waals surface area contributed by atoms with Gasteiger partial charge in [0.05, 0.1) is 5.69 Å². The van der Waals surface area contributed by atoms with E-state index >= 15 is 0 Å². The van der Waals surface area contributed by atoms with E-state index in [1.165, 1.54) is 6.07 Å². The Morgan fingerprint density at radius 2 is 1.73 bits per heavy atom. The first kappa shape index (κ1) is 18.0. The molecule has 3 aromatic rings. The van der Waals surface area contributed by atoms with Gasteiger partial charge in [-0.3, -0.25) is 4.72 Å². The molecule has 0 unspecified atom stereocenters. The van der Waals surface area contributed by atoms with Crippen molar-refractivity contribution in [3.05, 3.63) is 71.1 Å². The molecular formula is C17H11F2NO4S2. The van der Waals surface area contributed by atoms with Crippen LogP contribution in [0.1, 0.15) is 9.67 Å². The third-order valence-corrected chi connectivity index (χ3v) is 5.96. The summed E-state index contributed by atoms with van der Waals surface area (Å²) in [7, 11) is -4.51. The van der Waals surface area contributed by atoms with E-state index in [0.29, 0.717) is 22.6 Å². The Bertz CT molecular complexity index is 1080. The average molecular weight is 395 g/mol. The molecule has 0 bridgehead atoms. The minimum Gasteiger partial charge on any atom is -0.477 e. The van der Waals surface area contributed by atoms with Crippen molar-refractivity contribution in [3.8, 4) is 10.4 Å². The van der Waals surface area contributed by atoms with E-state index in [1.54, 1.807) is 30.3 Å². The fraction of sp³-hybridized carbons (Fsp3) is 0. The van der Waals surface area contributed by atoms with Gasteiger partial charge in [0.2, 0.25) is 0 Å². The van der Waals surface area contributed by atoms with E-state index in [-0.39, 0.29) is 10.6 Å². The zero-order valence-electron chi connectivity index (χ0n) is 12.9. The number of nitrogens with one attached hydrogen (secondary N) is 1. The van der Waals surface area contributed by atoms with E-state index in [9.17, 15) is 27.1 Å². The Kier molecular flexibility index (Phi) is 4.75. The third kappa shape index (κ3) is 3.58. The van der Waals surface area contributed by atoms with E-state index in [1.807, 2.05) is 4.72 Å². The molecule has 3 rings (SSSR count). The van der Waals surface area contributed by atoms with Gasteiger partial charge in [0.1, 0.15) is 21.4 Å². The van der Waals surface area contributed by atoms with Crippen LogP contribution in [0.4, 0.5) is 14.5 Å². The standard InChI is InChI=1S/C17H11F2NO4S2/c18-11-6-7-12(19)15(8-11)26(23,24)20-13-9-14(25-16(13)17(21)22)10-4-2-1-3-5-10/h1-9,20H,(H,21,22). The number of aromatic carboxylic acids is 1. The number of benzene rings is 2. The van der Waals surface area contributed by atoms with Gasteiger partial charge in [0.25, 0.3) is 10.0 Å². The Balaban J connectivity index is 2.05. The fourth-order valence-electron chi connectivity index (χ4n) is 2.25. The van der Waals surface area contributed by atoms with Crippen LogP contribution in [0.15, 0.2) is 59.5 Å². The highest BCUT2D eigenvalue weighted by Crippen LogP contribution is 2.36. The summed E-state index contributed by atoms with van der Waals surface area (Å²) in [5.41, 5.74) is 0.479. The van der Waals surface area contributed by atoms with Crippen LogP contribution in [0.5, 0.6) is 0 Å². The van der Waals surface area contributed by atoms with Gasteiger partial charge in [-0.15, -0.1) is 11.3 Å². The largest absolute Gasteiger partial charge is 0.477 e. The zero-order valence-corrected chi connectivity index (χ0v) is 14.6. The molecule has 0 saturated heterocycles. The van der Waals surface area contributed by atoms with Crippen molar-refractivity contribution in [2.45, 2.75) is 4.90 Å². The summed E-state index contributed by atoms with van der Waals surface area (Å²) in [6.07, 6.45) is 0. The van der Waals surface area contributed by atoms with Crippen LogP contribution in [-0.4, -0.2) is 19.5 Å². The molecule has 5 nitrogen and oxygen atoms in total. The Labute approximate surface area is 151 Å². The summed E-state index contributed by atoms with van der Waals surface area (Å²) in [6, 6.07) is 12.1. The molecule has 0 amide bonds. The average Bonchev–Trinajstić information content (AvgIpc) is 3.01. The molecule has 9 heteroatoms. The van der Waals surface area contributed by atoms with Crippen LogP contribution >= 0.6 is 11.3 Å². The lowest BCUT2D eigenvalue weighted by Crippen LogP contribution is -2.16. The van der Waals surface area contributed by atoms with E-state index < -0.39 is 32.5 Å². The number of hydrogen-bond acceptors (Lipinski definition) is 4. The van der Waals surface area contributed by atoms with E-state index in [2.05, 4.69) is 0 Å². The van der Waals surface area contributed by atoms with Crippen molar-refractivity contribution >= 4 is 33.0 Å². The number of thiophene rings is 1. The maximum Gasteiger partial charge on any atom is 0.348 e. The highest BCUT2D eigenvalue weighted by molar-refractivity contribution is 7.92. The molecule has 2 N–H and O–H groups in total. The molecule has 0 saturated carbocycles. The molecule has 134 valence electrons. The van der Waals surface area contributed by atoms with E-state index in [4.69, 9.17) is 0 Å². The van der Waals surface area contributed by atoms with Crippen molar-refractivity contribution in [1.82, 2.24) is 0 Å². The topological polar surface area (TPSA) is 83.5 Å². The molecule has 1 aromatic heterocycles. The second-order valence-corrected chi connectivity index (χ2v) is 7.91. The molecule has 0 atom stereocenters. The molecule has 0 radical (unpaired) electrons. The summed E-state index contributed by atoms with van der Waals surface area (Å²) in [4.78, 5) is 10.8. The normalized spacial score (nSPS) is 11.3. The van der Waals surface area contributed by atoms with Gasteiger partial charge in [-0.25, -0.2) is 22.0 Å². The SMILES string of the molecule is O=C(O)c1sc(-c2ccccc2)cc1NS(=O)(=O)c1cc(F)ccc1F. The molecule has 0 spiro atoms. The van der Waals surface area contributed by atoms with Crippen molar-refractivity contribution < 1.29 is 27.1 Å². The molecule has 0 fully saturated rings. The minimum absolute atomic E-state index is 0.218. The van der Waals surface area contributed by atoms with Crippen LogP contribution < -0.4 is 4.72 Å². The maximum absolute atomic E-state index is 13.8. The number of carbonyl (C=O) groups is 1.